The molecular weight excluding hydrogens is 271 g/mol. The summed E-state index contributed by atoms with van der Waals surface area (Å²) >= 11 is 0. The van der Waals surface area contributed by atoms with Crippen molar-refractivity contribution in [3.05, 3.63) is 24.0 Å². The van der Waals surface area contributed by atoms with E-state index in [1.54, 1.807) is 0 Å². The molecule has 0 atom stereocenters. The van der Waals surface area contributed by atoms with Crippen LogP contribution in [0.25, 0.3) is 0 Å². The number of hydrogen-bond donors (Lipinski definition) is 3. The second-order valence-electron chi connectivity index (χ2n) is 5.11. The molecule has 0 aliphatic carbocycles. The summed E-state index contributed by atoms with van der Waals surface area (Å²) in [4.78, 5) is -0.271. The number of nitrogen functional groups attached to an aromatic ring is 1. The van der Waals surface area contributed by atoms with Crippen molar-refractivity contribution in [2.24, 2.45) is 5.41 Å². The lowest BCUT2D eigenvalue weighted by molar-refractivity contribution is 0.213. The second kappa shape index (κ2) is 5.85. The van der Waals surface area contributed by atoms with Gasteiger partial charge in [-0.1, -0.05) is 19.9 Å². The molecule has 19 heavy (non-hydrogen) atoms. The van der Waals surface area contributed by atoms with Crippen LogP contribution >= 0.6 is 0 Å². The lowest BCUT2D eigenvalue weighted by atomic mass is 9.90. The minimum absolute atomic E-state index is 0.0309. The van der Waals surface area contributed by atoms with E-state index >= 15 is 0 Å². The molecule has 0 unspecified atom stereocenters. The fraction of sp³-hybridized carbons (Fsp3) is 0.500. The second-order valence-corrected chi connectivity index (χ2v) is 6.85. The molecule has 7 heteroatoms. The van der Waals surface area contributed by atoms with Crippen LogP contribution in [0.5, 0.6) is 0 Å². The highest BCUT2D eigenvalue weighted by Crippen LogP contribution is 2.23. The van der Waals surface area contributed by atoms with Gasteiger partial charge in [-0.3, -0.25) is 0 Å². The first-order chi connectivity index (χ1) is 8.69. The van der Waals surface area contributed by atoms with Crippen LogP contribution in [0, 0.1) is 11.2 Å². The van der Waals surface area contributed by atoms with Gasteiger partial charge in [0.2, 0.25) is 10.0 Å². The molecular formula is C12H19FN2O3S. The van der Waals surface area contributed by atoms with E-state index in [0.29, 0.717) is 6.42 Å². The molecule has 108 valence electrons. The number of aliphatic hydroxyl groups is 1. The van der Waals surface area contributed by atoms with E-state index in [0.717, 1.165) is 6.07 Å². The van der Waals surface area contributed by atoms with Crippen molar-refractivity contribution in [2.75, 3.05) is 18.9 Å². The number of hydrogen-bond acceptors (Lipinski definition) is 4. The van der Waals surface area contributed by atoms with Gasteiger partial charge in [-0.05, 0) is 24.0 Å². The predicted molar refractivity (Wildman–Crippen MR) is 71.5 cm³/mol. The Morgan fingerprint density at radius 1 is 1.42 bits per heavy atom. The Balaban J connectivity index is 2.91. The third kappa shape index (κ3) is 4.15. The summed E-state index contributed by atoms with van der Waals surface area (Å²) in [5.74, 6) is -0.766. The SMILES string of the molecule is CC(C)(CCO)CNS(=O)(=O)c1cccc(F)c1N. The number of aliphatic hydroxyl groups excluding tert-OH is 1. The van der Waals surface area contributed by atoms with Gasteiger partial charge in [0.05, 0.1) is 5.69 Å². The predicted octanol–water partition coefficient (Wildman–Crippen LogP) is 1.09. The summed E-state index contributed by atoms with van der Waals surface area (Å²) in [5.41, 5.74) is 4.64. The molecule has 1 aromatic carbocycles. The van der Waals surface area contributed by atoms with Crippen LogP contribution in [0.1, 0.15) is 20.3 Å². The fourth-order valence-electron chi connectivity index (χ4n) is 1.51. The van der Waals surface area contributed by atoms with Crippen LogP contribution in [0.3, 0.4) is 0 Å². The van der Waals surface area contributed by atoms with E-state index in [1.165, 1.54) is 12.1 Å². The molecule has 5 nitrogen and oxygen atoms in total. The maximum atomic E-state index is 13.3. The molecule has 0 heterocycles. The average Bonchev–Trinajstić information content (AvgIpc) is 2.30. The van der Waals surface area contributed by atoms with Crippen LogP contribution in [0.4, 0.5) is 10.1 Å². The Morgan fingerprint density at radius 3 is 2.63 bits per heavy atom. The molecule has 0 bridgehead atoms. The lowest BCUT2D eigenvalue weighted by Crippen LogP contribution is -2.35. The Kier molecular flexibility index (Phi) is 4.89. The van der Waals surface area contributed by atoms with Gasteiger partial charge in [-0.2, -0.15) is 0 Å². The number of anilines is 1. The van der Waals surface area contributed by atoms with E-state index in [2.05, 4.69) is 4.72 Å². The first-order valence-corrected chi connectivity index (χ1v) is 7.32. The molecule has 0 aromatic heterocycles. The zero-order valence-corrected chi connectivity index (χ0v) is 11.8. The van der Waals surface area contributed by atoms with Crippen LogP contribution in [0.15, 0.2) is 23.1 Å². The van der Waals surface area contributed by atoms with Gasteiger partial charge < -0.3 is 10.8 Å². The van der Waals surface area contributed by atoms with Gasteiger partial charge in [-0.15, -0.1) is 0 Å². The van der Waals surface area contributed by atoms with Crippen molar-refractivity contribution < 1.29 is 17.9 Å². The van der Waals surface area contributed by atoms with Gasteiger partial charge in [-0.25, -0.2) is 17.5 Å². The van der Waals surface area contributed by atoms with Crippen LogP contribution in [0.2, 0.25) is 0 Å². The van der Waals surface area contributed by atoms with Crippen LogP contribution in [-0.4, -0.2) is 26.7 Å². The first kappa shape index (κ1) is 15.9. The van der Waals surface area contributed by atoms with E-state index < -0.39 is 26.9 Å². The molecule has 1 rings (SSSR count). The molecule has 0 aliphatic heterocycles. The van der Waals surface area contributed by atoms with Gasteiger partial charge in [0.1, 0.15) is 10.7 Å². The molecule has 0 aliphatic rings. The monoisotopic (exact) mass is 290 g/mol. The third-order valence-electron chi connectivity index (χ3n) is 2.83. The van der Waals surface area contributed by atoms with E-state index in [1.807, 2.05) is 13.8 Å². The van der Waals surface area contributed by atoms with Gasteiger partial charge >= 0.3 is 0 Å². The van der Waals surface area contributed by atoms with Gasteiger partial charge in [0, 0.05) is 13.2 Å². The highest BCUT2D eigenvalue weighted by Gasteiger charge is 2.24. The van der Waals surface area contributed by atoms with Crippen molar-refractivity contribution in [1.29, 1.82) is 0 Å². The Morgan fingerprint density at radius 2 is 2.05 bits per heavy atom. The summed E-state index contributed by atoms with van der Waals surface area (Å²) in [5, 5.41) is 8.88. The van der Waals surface area contributed by atoms with Crippen molar-refractivity contribution >= 4 is 15.7 Å². The third-order valence-corrected chi connectivity index (χ3v) is 4.29. The molecule has 0 fully saturated rings. The molecule has 0 saturated heterocycles. The van der Waals surface area contributed by atoms with Crippen LogP contribution < -0.4 is 10.5 Å². The maximum Gasteiger partial charge on any atom is 0.242 e. The first-order valence-electron chi connectivity index (χ1n) is 5.84. The highest BCUT2D eigenvalue weighted by molar-refractivity contribution is 7.89. The van der Waals surface area contributed by atoms with Gasteiger partial charge in [0.25, 0.3) is 0 Å². The number of para-hydroxylation sites is 1. The van der Waals surface area contributed by atoms with E-state index in [9.17, 15) is 12.8 Å². The zero-order valence-electron chi connectivity index (χ0n) is 11.0. The number of rotatable bonds is 6. The number of nitrogens with one attached hydrogen (secondary N) is 1. The van der Waals surface area contributed by atoms with E-state index in [-0.39, 0.29) is 18.0 Å². The summed E-state index contributed by atoms with van der Waals surface area (Å²) < 4.78 is 39.7. The average molecular weight is 290 g/mol. The Labute approximate surface area is 112 Å². The Bertz CT molecular complexity index is 544. The molecule has 0 spiro atoms. The quantitative estimate of drug-likeness (QED) is 0.684. The molecule has 4 N–H and O–H groups in total. The van der Waals surface area contributed by atoms with Crippen molar-refractivity contribution in [2.45, 2.75) is 25.2 Å². The molecule has 0 saturated carbocycles. The van der Waals surface area contributed by atoms with Crippen molar-refractivity contribution in [3.8, 4) is 0 Å². The number of sulfonamides is 1. The van der Waals surface area contributed by atoms with Crippen molar-refractivity contribution in [3.63, 3.8) is 0 Å². The summed E-state index contributed by atoms with van der Waals surface area (Å²) in [6.45, 7) is 3.74. The minimum Gasteiger partial charge on any atom is -0.396 e. The zero-order chi connectivity index (χ0) is 14.7. The molecule has 0 amide bonds. The van der Waals surface area contributed by atoms with Crippen molar-refractivity contribution in [1.82, 2.24) is 4.72 Å². The smallest absolute Gasteiger partial charge is 0.242 e. The normalized spacial score (nSPS) is 12.6. The number of benzene rings is 1. The highest BCUT2D eigenvalue weighted by atomic mass is 32.2. The summed E-state index contributed by atoms with van der Waals surface area (Å²) in [7, 11) is -3.86. The number of halogens is 1. The van der Waals surface area contributed by atoms with Crippen LogP contribution in [-0.2, 0) is 10.0 Å². The number of nitrogens with two attached hydrogens (primary N) is 1. The summed E-state index contributed by atoms with van der Waals surface area (Å²) in [6.07, 6.45) is 0.453. The standard InChI is InChI=1S/C12H19FN2O3S/c1-12(2,6-7-16)8-15-19(17,18)10-5-3-4-9(13)11(10)14/h3-5,15-16H,6-8,14H2,1-2H3. The Hall–Kier alpha value is -1.18. The summed E-state index contributed by atoms with van der Waals surface area (Å²) in [6, 6.07) is 3.64. The topological polar surface area (TPSA) is 92.4 Å². The maximum absolute atomic E-state index is 13.3. The molecule has 1 aromatic rings. The fourth-order valence-corrected chi connectivity index (χ4v) is 2.89. The van der Waals surface area contributed by atoms with Gasteiger partial charge in [0.15, 0.2) is 0 Å². The minimum atomic E-state index is -3.86. The molecule has 0 radical (unpaired) electrons. The van der Waals surface area contributed by atoms with E-state index in [4.69, 9.17) is 10.8 Å². The lowest BCUT2D eigenvalue weighted by Gasteiger charge is -2.24. The largest absolute Gasteiger partial charge is 0.396 e.